The lowest BCUT2D eigenvalue weighted by atomic mass is 9.78. The van der Waals surface area contributed by atoms with Crippen molar-refractivity contribution < 1.29 is 9.84 Å². The van der Waals surface area contributed by atoms with Crippen molar-refractivity contribution in [2.24, 2.45) is 0 Å². The van der Waals surface area contributed by atoms with E-state index in [0.29, 0.717) is 6.61 Å². The molecule has 3 aromatic carbocycles. The highest BCUT2D eigenvalue weighted by atomic mass is 16.5. The molecule has 0 amide bonds. The van der Waals surface area contributed by atoms with Crippen LogP contribution in [0.15, 0.2) is 84.9 Å². The maximum atomic E-state index is 11.2. The van der Waals surface area contributed by atoms with Crippen LogP contribution in [-0.2, 0) is 6.61 Å². The molecule has 0 aliphatic carbocycles. The van der Waals surface area contributed by atoms with Gasteiger partial charge in [0.25, 0.3) is 0 Å². The largest absolute Gasteiger partial charge is 0.489 e. The molecule has 0 spiro atoms. The van der Waals surface area contributed by atoms with Gasteiger partial charge in [0.05, 0.1) is 5.60 Å². The van der Waals surface area contributed by atoms with Crippen LogP contribution in [-0.4, -0.2) is 23.8 Å². The van der Waals surface area contributed by atoms with Gasteiger partial charge >= 0.3 is 0 Å². The summed E-state index contributed by atoms with van der Waals surface area (Å²) in [4.78, 5) is 0. The van der Waals surface area contributed by atoms with Crippen LogP contribution in [0.3, 0.4) is 0 Å². The van der Waals surface area contributed by atoms with E-state index in [2.05, 4.69) is 53.8 Å². The molecule has 1 fully saturated rings. The Morgan fingerprint density at radius 2 is 1.38 bits per heavy atom. The lowest BCUT2D eigenvalue weighted by molar-refractivity contribution is -0.000996. The van der Waals surface area contributed by atoms with Crippen molar-refractivity contribution in [2.45, 2.75) is 37.4 Å². The SMILES string of the molecule is OC1(CC(c2ccccc2)c2ccc(OCc3ccccc3)cc2)CCNCC1. The molecule has 0 bridgehead atoms. The third-order valence-corrected chi connectivity index (χ3v) is 5.85. The number of aliphatic hydroxyl groups is 1. The van der Waals surface area contributed by atoms with Gasteiger partial charge in [-0.25, -0.2) is 0 Å². The van der Waals surface area contributed by atoms with Crippen molar-refractivity contribution in [1.82, 2.24) is 5.32 Å². The molecule has 1 heterocycles. The summed E-state index contributed by atoms with van der Waals surface area (Å²) in [6.45, 7) is 2.32. The van der Waals surface area contributed by atoms with Gasteiger partial charge in [-0.15, -0.1) is 0 Å². The monoisotopic (exact) mass is 387 g/mol. The van der Waals surface area contributed by atoms with Gasteiger partial charge in [-0.1, -0.05) is 72.8 Å². The molecular formula is C26H29NO2. The second kappa shape index (κ2) is 9.25. The minimum absolute atomic E-state index is 0.169. The van der Waals surface area contributed by atoms with E-state index >= 15 is 0 Å². The fourth-order valence-electron chi connectivity index (χ4n) is 4.13. The Kier molecular flexibility index (Phi) is 6.28. The van der Waals surface area contributed by atoms with Crippen LogP contribution in [0.1, 0.15) is 41.9 Å². The van der Waals surface area contributed by atoms with Crippen molar-refractivity contribution in [3.05, 3.63) is 102 Å². The van der Waals surface area contributed by atoms with E-state index in [1.807, 2.05) is 36.4 Å². The molecule has 0 radical (unpaired) electrons. The van der Waals surface area contributed by atoms with Crippen molar-refractivity contribution >= 4 is 0 Å². The lowest BCUT2D eigenvalue weighted by Crippen LogP contribution is -2.42. The molecule has 0 aromatic heterocycles. The van der Waals surface area contributed by atoms with Crippen LogP contribution in [0.2, 0.25) is 0 Å². The summed E-state index contributed by atoms with van der Waals surface area (Å²) in [5.41, 5.74) is 3.01. The van der Waals surface area contributed by atoms with Crippen molar-refractivity contribution in [1.29, 1.82) is 0 Å². The van der Waals surface area contributed by atoms with Gasteiger partial charge in [-0.3, -0.25) is 0 Å². The first-order valence-corrected chi connectivity index (χ1v) is 10.5. The number of piperidine rings is 1. The zero-order chi connectivity index (χ0) is 19.9. The quantitative estimate of drug-likeness (QED) is 0.606. The molecule has 150 valence electrons. The van der Waals surface area contributed by atoms with Crippen molar-refractivity contribution in [3.63, 3.8) is 0 Å². The molecule has 3 nitrogen and oxygen atoms in total. The third-order valence-electron chi connectivity index (χ3n) is 5.85. The maximum Gasteiger partial charge on any atom is 0.119 e. The molecule has 29 heavy (non-hydrogen) atoms. The number of hydrogen-bond acceptors (Lipinski definition) is 3. The van der Waals surface area contributed by atoms with E-state index in [9.17, 15) is 5.11 Å². The van der Waals surface area contributed by atoms with Gasteiger partial charge in [-0.05, 0) is 61.2 Å². The van der Waals surface area contributed by atoms with E-state index in [4.69, 9.17) is 4.74 Å². The van der Waals surface area contributed by atoms with Gasteiger partial charge in [0.15, 0.2) is 0 Å². The number of nitrogens with one attached hydrogen (secondary N) is 1. The summed E-state index contributed by atoms with van der Waals surface area (Å²) in [6, 6.07) is 29.1. The topological polar surface area (TPSA) is 41.5 Å². The molecule has 0 saturated carbocycles. The molecule has 1 saturated heterocycles. The Morgan fingerprint density at radius 3 is 2.03 bits per heavy atom. The summed E-state index contributed by atoms with van der Waals surface area (Å²) in [5.74, 6) is 1.03. The van der Waals surface area contributed by atoms with Crippen molar-refractivity contribution in [3.8, 4) is 5.75 Å². The van der Waals surface area contributed by atoms with Gasteiger partial charge in [0, 0.05) is 5.92 Å². The molecular weight excluding hydrogens is 358 g/mol. The van der Waals surface area contributed by atoms with Gasteiger partial charge < -0.3 is 15.2 Å². The molecule has 1 aliphatic heterocycles. The number of hydrogen-bond donors (Lipinski definition) is 2. The third kappa shape index (κ3) is 5.26. The predicted octanol–water partition coefficient (Wildman–Crippen LogP) is 4.90. The Labute approximate surface area is 173 Å². The standard InChI is InChI=1S/C26H29NO2/c28-26(15-17-27-18-16-26)19-25(22-9-5-2-6-10-22)23-11-13-24(14-12-23)29-20-21-7-3-1-4-8-21/h1-14,25,27-28H,15-20H2. The highest BCUT2D eigenvalue weighted by Gasteiger charge is 2.33. The first-order chi connectivity index (χ1) is 14.2. The van der Waals surface area contributed by atoms with Crippen LogP contribution in [0.25, 0.3) is 0 Å². The summed E-state index contributed by atoms with van der Waals surface area (Å²) in [6.07, 6.45) is 2.34. The average molecular weight is 388 g/mol. The Balaban J connectivity index is 1.51. The normalized spacial score (nSPS) is 16.9. The second-order valence-corrected chi connectivity index (χ2v) is 7.99. The van der Waals surface area contributed by atoms with E-state index in [1.54, 1.807) is 0 Å². The summed E-state index contributed by atoms with van der Waals surface area (Å²) in [7, 11) is 0. The number of rotatable bonds is 7. The molecule has 1 unspecified atom stereocenters. The van der Waals surface area contributed by atoms with Crippen LogP contribution < -0.4 is 10.1 Å². The number of benzene rings is 3. The zero-order valence-electron chi connectivity index (χ0n) is 16.8. The zero-order valence-corrected chi connectivity index (χ0v) is 16.8. The molecule has 3 heteroatoms. The minimum atomic E-state index is -0.617. The first-order valence-electron chi connectivity index (χ1n) is 10.5. The second-order valence-electron chi connectivity index (χ2n) is 7.99. The minimum Gasteiger partial charge on any atom is -0.489 e. The van der Waals surface area contributed by atoms with Crippen LogP contribution in [0.4, 0.5) is 0 Å². The van der Waals surface area contributed by atoms with Crippen LogP contribution in [0.5, 0.6) is 5.75 Å². The van der Waals surface area contributed by atoms with Gasteiger partial charge in [0.2, 0.25) is 0 Å². The molecule has 1 atom stereocenters. The summed E-state index contributed by atoms with van der Waals surface area (Å²) in [5, 5.41) is 14.5. The average Bonchev–Trinajstić information content (AvgIpc) is 2.78. The highest BCUT2D eigenvalue weighted by molar-refractivity contribution is 5.36. The van der Waals surface area contributed by atoms with Crippen LogP contribution in [0, 0.1) is 0 Å². The summed E-state index contributed by atoms with van der Waals surface area (Å²) < 4.78 is 5.94. The van der Waals surface area contributed by atoms with Crippen molar-refractivity contribution in [2.75, 3.05) is 13.1 Å². The maximum absolute atomic E-state index is 11.2. The number of ether oxygens (including phenoxy) is 1. The van der Waals surface area contributed by atoms with Gasteiger partial charge in [0.1, 0.15) is 12.4 Å². The van der Waals surface area contributed by atoms with E-state index in [0.717, 1.165) is 43.7 Å². The first kappa shape index (κ1) is 19.7. The smallest absolute Gasteiger partial charge is 0.119 e. The molecule has 3 aromatic rings. The predicted molar refractivity (Wildman–Crippen MR) is 117 cm³/mol. The highest BCUT2D eigenvalue weighted by Crippen LogP contribution is 2.37. The Bertz CT molecular complexity index is 872. The van der Waals surface area contributed by atoms with E-state index in [-0.39, 0.29) is 5.92 Å². The van der Waals surface area contributed by atoms with E-state index in [1.165, 1.54) is 11.1 Å². The fraction of sp³-hybridized carbons (Fsp3) is 0.308. The van der Waals surface area contributed by atoms with E-state index < -0.39 is 5.60 Å². The Morgan fingerprint density at radius 1 is 0.793 bits per heavy atom. The summed E-state index contributed by atoms with van der Waals surface area (Å²) >= 11 is 0. The molecule has 1 aliphatic rings. The van der Waals surface area contributed by atoms with Gasteiger partial charge in [-0.2, -0.15) is 0 Å². The Hall–Kier alpha value is -2.62. The molecule has 2 N–H and O–H groups in total. The lowest BCUT2D eigenvalue weighted by Gasteiger charge is -2.36. The fourth-order valence-corrected chi connectivity index (χ4v) is 4.13. The molecule has 4 rings (SSSR count). The van der Waals surface area contributed by atoms with Crippen LogP contribution >= 0.6 is 0 Å².